The summed E-state index contributed by atoms with van der Waals surface area (Å²) < 4.78 is 0. The van der Waals surface area contributed by atoms with E-state index in [-0.39, 0.29) is 5.92 Å². The molecule has 3 heteroatoms. The van der Waals surface area contributed by atoms with Crippen LogP contribution < -0.4 is 5.32 Å². The van der Waals surface area contributed by atoms with Crippen molar-refractivity contribution < 1.29 is 4.79 Å². The second-order valence-electron chi connectivity index (χ2n) is 4.76. The van der Waals surface area contributed by atoms with Crippen LogP contribution >= 0.6 is 0 Å². The number of nitrogens with one attached hydrogen (secondary N) is 1. The second-order valence-corrected chi connectivity index (χ2v) is 4.76. The molecule has 3 nitrogen and oxygen atoms in total. The minimum Gasteiger partial charge on any atom is -0.345 e. The molecule has 1 aliphatic rings. The number of carbonyl (C=O) groups is 1. The van der Waals surface area contributed by atoms with Crippen molar-refractivity contribution in [2.45, 2.75) is 33.1 Å². The molecule has 0 bridgehead atoms. The van der Waals surface area contributed by atoms with Crippen LogP contribution in [0.3, 0.4) is 0 Å². The van der Waals surface area contributed by atoms with Crippen molar-refractivity contribution in [2.75, 3.05) is 26.7 Å². The fourth-order valence-electron chi connectivity index (χ4n) is 2.07. The third-order valence-corrected chi connectivity index (χ3v) is 3.35. The quantitative estimate of drug-likeness (QED) is 0.766. The molecule has 1 heterocycles. The lowest BCUT2D eigenvalue weighted by Gasteiger charge is -2.28. The Morgan fingerprint density at radius 2 is 2.07 bits per heavy atom. The lowest BCUT2D eigenvalue weighted by atomic mass is 9.96. The maximum absolute atomic E-state index is 12.0. The Hall–Kier alpha value is -0.570. The fourth-order valence-corrected chi connectivity index (χ4v) is 2.07. The molecule has 0 radical (unpaired) electrons. The first-order chi connectivity index (χ1) is 7.15. The summed E-state index contributed by atoms with van der Waals surface area (Å²) in [6.07, 6.45) is 3.15. The van der Waals surface area contributed by atoms with Gasteiger partial charge >= 0.3 is 0 Å². The first kappa shape index (κ1) is 12.5. The number of hydrogen-bond donors (Lipinski definition) is 1. The summed E-state index contributed by atoms with van der Waals surface area (Å²) in [7, 11) is 1.94. The van der Waals surface area contributed by atoms with Crippen LogP contribution in [0, 0.1) is 11.8 Å². The van der Waals surface area contributed by atoms with Crippen LogP contribution in [0.5, 0.6) is 0 Å². The zero-order valence-corrected chi connectivity index (χ0v) is 10.3. The van der Waals surface area contributed by atoms with E-state index < -0.39 is 0 Å². The molecule has 1 saturated heterocycles. The molecule has 1 aliphatic heterocycles. The molecule has 15 heavy (non-hydrogen) atoms. The summed E-state index contributed by atoms with van der Waals surface area (Å²) in [5.41, 5.74) is 0. The molecule has 0 aromatic heterocycles. The maximum atomic E-state index is 12.0. The van der Waals surface area contributed by atoms with Gasteiger partial charge in [-0.3, -0.25) is 4.79 Å². The van der Waals surface area contributed by atoms with E-state index in [0.717, 1.165) is 38.9 Å². The van der Waals surface area contributed by atoms with E-state index in [1.807, 2.05) is 11.9 Å². The zero-order chi connectivity index (χ0) is 11.3. The number of piperidine rings is 1. The Morgan fingerprint density at radius 3 is 2.60 bits per heavy atom. The van der Waals surface area contributed by atoms with Crippen molar-refractivity contribution in [1.29, 1.82) is 0 Å². The van der Waals surface area contributed by atoms with E-state index in [1.54, 1.807) is 0 Å². The van der Waals surface area contributed by atoms with Gasteiger partial charge in [0.25, 0.3) is 0 Å². The van der Waals surface area contributed by atoms with Gasteiger partial charge in [-0.05, 0) is 31.8 Å². The highest BCUT2D eigenvalue weighted by Crippen LogP contribution is 2.15. The van der Waals surface area contributed by atoms with Crippen molar-refractivity contribution >= 4 is 5.91 Å². The van der Waals surface area contributed by atoms with Crippen LogP contribution in [0.4, 0.5) is 0 Å². The molecule has 0 aromatic carbocycles. The fraction of sp³-hybridized carbons (Fsp3) is 0.917. The first-order valence-electron chi connectivity index (χ1n) is 6.10. The smallest absolute Gasteiger partial charge is 0.225 e. The van der Waals surface area contributed by atoms with Gasteiger partial charge in [-0.25, -0.2) is 0 Å². The van der Waals surface area contributed by atoms with Gasteiger partial charge < -0.3 is 10.2 Å². The van der Waals surface area contributed by atoms with E-state index in [4.69, 9.17) is 0 Å². The van der Waals surface area contributed by atoms with Crippen LogP contribution in [0.15, 0.2) is 0 Å². The molecule has 0 aliphatic carbocycles. The number of nitrogens with zero attached hydrogens (tertiary/aromatic N) is 1. The molecule has 1 atom stereocenters. The van der Waals surface area contributed by atoms with Crippen molar-refractivity contribution in [3.63, 3.8) is 0 Å². The number of amides is 1. The lowest BCUT2D eigenvalue weighted by molar-refractivity contribution is -0.135. The van der Waals surface area contributed by atoms with E-state index in [2.05, 4.69) is 19.2 Å². The summed E-state index contributed by atoms with van der Waals surface area (Å²) in [4.78, 5) is 14.0. The van der Waals surface area contributed by atoms with Gasteiger partial charge in [0.1, 0.15) is 0 Å². The summed E-state index contributed by atoms with van der Waals surface area (Å²) in [6.45, 7) is 7.26. The molecule has 1 N–H and O–H groups in total. The predicted octanol–water partition coefficient (Wildman–Crippen LogP) is 1.49. The first-order valence-corrected chi connectivity index (χ1v) is 6.10. The highest BCUT2D eigenvalue weighted by atomic mass is 16.2. The predicted molar refractivity (Wildman–Crippen MR) is 62.7 cm³/mol. The van der Waals surface area contributed by atoms with Crippen molar-refractivity contribution in [3.05, 3.63) is 0 Å². The van der Waals surface area contributed by atoms with E-state index in [9.17, 15) is 4.79 Å². The minimum atomic E-state index is 0.264. The maximum Gasteiger partial charge on any atom is 0.225 e. The number of rotatable bonds is 4. The summed E-state index contributed by atoms with van der Waals surface area (Å²) in [5.74, 6) is 1.22. The van der Waals surface area contributed by atoms with E-state index in [1.165, 1.54) is 0 Å². The monoisotopic (exact) mass is 212 g/mol. The van der Waals surface area contributed by atoms with Crippen LogP contribution in [-0.2, 0) is 4.79 Å². The van der Waals surface area contributed by atoms with Gasteiger partial charge in [0, 0.05) is 19.5 Å². The normalized spacial score (nSPS) is 19.9. The zero-order valence-electron chi connectivity index (χ0n) is 10.3. The Balaban J connectivity index is 2.37. The van der Waals surface area contributed by atoms with Crippen molar-refractivity contribution in [2.24, 2.45) is 11.8 Å². The molecule has 1 rings (SSSR count). The van der Waals surface area contributed by atoms with Gasteiger partial charge in [-0.1, -0.05) is 20.3 Å². The van der Waals surface area contributed by atoms with Crippen LogP contribution in [-0.4, -0.2) is 37.5 Å². The van der Waals surface area contributed by atoms with Gasteiger partial charge in [-0.2, -0.15) is 0 Å². The Bertz CT molecular complexity index is 200. The van der Waals surface area contributed by atoms with Gasteiger partial charge in [0.15, 0.2) is 0 Å². The highest BCUT2D eigenvalue weighted by molar-refractivity contribution is 5.78. The molecular formula is C12H24N2O. The minimum absolute atomic E-state index is 0.264. The van der Waals surface area contributed by atoms with Gasteiger partial charge in [0.05, 0.1) is 0 Å². The van der Waals surface area contributed by atoms with Crippen LogP contribution in [0.1, 0.15) is 33.1 Å². The van der Waals surface area contributed by atoms with E-state index in [0.29, 0.717) is 11.8 Å². The molecule has 0 spiro atoms. The average Bonchev–Trinajstić information content (AvgIpc) is 2.29. The molecule has 1 unspecified atom stereocenters. The number of carbonyl (C=O) groups excluding carboxylic acids is 1. The lowest BCUT2D eigenvalue weighted by Crippen LogP contribution is -2.40. The summed E-state index contributed by atoms with van der Waals surface area (Å²) in [6, 6.07) is 0. The van der Waals surface area contributed by atoms with Crippen molar-refractivity contribution in [3.8, 4) is 0 Å². The van der Waals surface area contributed by atoms with Gasteiger partial charge in [0.2, 0.25) is 5.91 Å². The topological polar surface area (TPSA) is 32.3 Å². The summed E-state index contributed by atoms with van der Waals surface area (Å²) in [5, 5.41) is 3.29. The third-order valence-electron chi connectivity index (χ3n) is 3.35. The Labute approximate surface area is 93.2 Å². The number of hydrogen-bond acceptors (Lipinski definition) is 2. The molecule has 0 saturated carbocycles. The van der Waals surface area contributed by atoms with Crippen LogP contribution in [0.25, 0.3) is 0 Å². The third kappa shape index (κ3) is 3.82. The molecule has 0 aromatic rings. The molecular weight excluding hydrogens is 188 g/mol. The van der Waals surface area contributed by atoms with E-state index >= 15 is 0 Å². The molecule has 1 amide bonds. The Morgan fingerprint density at radius 1 is 1.47 bits per heavy atom. The average molecular weight is 212 g/mol. The standard InChI is InChI=1S/C12H24N2O/c1-4-10(2)9-14(3)12(15)11-5-7-13-8-6-11/h10-11,13H,4-9H2,1-3H3. The Kier molecular flexibility index (Phi) is 5.09. The highest BCUT2D eigenvalue weighted by Gasteiger charge is 2.24. The van der Waals surface area contributed by atoms with Crippen LogP contribution in [0.2, 0.25) is 0 Å². The molecule has 88 valence electrons. The summed E-state index contributed by atoms with van der Waals surface area (Å²) >= 11 is 0. The molecule has 1 fully saturated rings. The largest absolute Gasteiger partial charge is 0.345 e. The SMILES string of the molecule is CCC(C)CN(C)C(=O)C1CCNCC1. The second kappa shape index (κ2) is 6.11. The van der Waals surface area contributed by atoms with Crippen molar-refractivity contribution in [1.82, 2.24) is 10.2 Å². The van der Waals surface area contributed by atoms with Gasteiger partial charge in [-0.15, -0.1) is 0 Å².